The van der Waals surface area contributed by atoms with Crippen LogP contribution in [0.25, 0.3) is 0 Å². The maximum atomic E-state index is 12.5. The predicted molar refractivity (Wildman–Crippen MR) is 384 cm³/mol. The van der Waals surface area contributed by atoms with Gasteiger partial charge in [0.1, 0.15) is 0 Å². The summed E-state index contributed by atoms with van der Waals surface area (Å²) in [4.78, 5) is 24.6. The second kappa shape index (κ2) is 76.3. The number of unbranched alkanes of at least 4 members (excludes halogenated alkanes) is 57. The van der Waals surface area contributed by atoms with Crippen LogP contribution in [0.15, 0.2) is 48.6 Å². The minimum absolute atomic E-state index is 0.00487. The number of allylic oxidation sites excluding steroid dienone is 7. The Morgan fingerprint density at radius 3 is 0.897 bits per heavy atom. The first-order valence-electron chi connectivity index (χ1n) is 39.4. The molecule has 0 fully saturated rings. The van der Waals surface area contributed by atoms with E-state index in [1.54, 1.807) is 6.08 Å². The van der Waals surface area contributed by atoms with Gasteiger partial charge in [0.2, 0.25) is 5.91 Å². The van der Waals surface area contributed by atoms with E-state index in [4.69, 9.17) is 4.74 Å². The number of hydrogen-bond acceptors (Lipinski definition) is 5. The molecule has 0 aromatic heterocycles. The van der Waals surface area contributed by atoms with Crippen LogP contribution in [-0.2, 0) is 14.3 Å². The molecule has 3 N–H and O–H groups in total. The third-order valence-electron chi connectivity index (χ3n) is 18.3. The molecule has 0 aliphatic rings. The van der Waals surface area contributed by atoms with Crippen LogP contribution in [0.4, 0.5) is 0 Å². The van der Waals surface area contributed by atoms with Gasteiger partial charge in [-0.05, 0) is 89.9 Å². The summed E-state index contributed by atoms with van der Waals surface area (Å²) in [5.41, 5.74) is 0. The van der Waals surface area contributed by atoms with Crippen LogP contribution in [0, 0.1) is 0 Å². The van der Waals surface area contributed by atoms with Crippen molar-refractivity contribution in [2.45, 2.75) is 443 Å². The first kappa shape index (κ1) is 84.8. The van der Waals surface area contributed by atoms with Crippen LogP contribution in [0.3, 0.4) is 0 Å². The van der Waals surface area contributed by atoms with Crippen LogP contribution in [-0.4, -0.2) is 47.4 Å². The molecule has 0 aromatic rings. The Morgan fingerprint density at radius 1 is 0.322 bits per heavy atom. The van der Waals surface area contributed by atoms with Crippen LogP contribution in [0.2, 0.25) is 0 Å². The Labute approximate surface area is 544 Å². The molecule has 6 nitrogen and oxygen atoms in total. The number of carbonyl (C=O) groups excluding carboxylic acids is 2. The molecule has 0 radical (unpaired) electrons. The van der Waals surface area contributed by atoms with Crippen molar-refractivity contribution in [1.82, 2.24) is 5.32 Å². The Bertz CT molecular complexity index is 1450. The lowest BCUT2D eigenvalue weighted by Crippen LogP contribution is -2.45. The molecule has 2 unspecified atom stereocenters. The Morgan fingerprint density at radius 2 is 0.575 bits per heavy atom. The highest BCUT2D eigenvalue weighted by Gasteiger charge is 2.18. The van der Waals surface area contributed by atoms with Crippen molar-refractivity contribution >= 4 is 11.9 Å². The topological polar surface area (TPSA) is 95.9 Å². The van der Waals surface area contributed by atoms with Crippen LogP contribution < -0.4 is 5.32 Å². The summed E-state index contributed by atoms with van der Waals surface area (Å²) in [5.74, 6) is -0.0563. The number of aliphatic hydroxyl groups is 2. The fourth-order valence-electron chi connectivity index (χ4n) is 12.3. The van der Waals surface area contributed by atoms with E-state index < -0.39 is 12.1 Å². The molecule has 0 saturated heterocycles. The van der Waals surface area contributed by atoms with E-state index >= 15 is 0 Å². The second-order valence-corrected chi connectivity index (χ2v) is 27.0. The predicted octanol–water partition coefficient (Wildman–Crippen LogP) is 26.0. The number of carbonyl (C=O) groups is 2. The van der Waals surface area contributed by atoms with Gasteiger partial charge in [-0.2, -0.15) is 0 Å². The minimum Gasteiger partial charge on any atom is -0.466 e. The SMILES string of the molecule is CCCCCC/C=C\C/C=C\CCCCCCCC(=O)OCCCCCCCCCCCCCC/C=C\CCCCCCCCCCCCCCCCCCC(=O)NC(CO)C(O)/C=C/CCCCCCCCCCCCCCCCCCCCCC. The third-order valence-corrected chi connectivity index (χ3v) is 18.3. The first-order chi connectivity index (χ1) is 43.0. The molecule has 512 valence electrons. The molecule has 0 saturated carbocycles. The van der Waals surface area contributed by atoms with Crippen molar-refractivity contribution in [2.75, 3.05) is 13.2 Å². The summed E-state index contributed by atoms with van der Waals surface area (Å²) < 4.78 is 5.49. The van der Waals surface area contributed by atoms with Crippen molar-refractivity contribution in [3.63, 3.8) is 0 Å². The van der Waals surface area contributed by atoms with Gasteiger partial charge in [0.25, 0.3) is 0 Å². The number of rotatable bonds is 74. The van der Waals surface area contributed by atoms with Crippen LogP contribution in [0.5, 0.6) is 0 Å². The van der Waals surface area contributed by atoms with E-state index in [1.807, 2.05) is 6.08 Å². The molecule has 0 heterocycles. The van der Waals surface area contributed by atoms with Crippen LogP contribution in [0.1, 0.15) is 431 Å². The maximum Gasteiger partial charge on any atom is 0.305 e. The second-order valence-electron chi connectivity index (χ2n) is 27.0. The summed E-state index contributed by atoms with van der Waals surface area (Å²) in [6, 6.07) is -0.628. The summed E-state index contributed by atoms with van der Waals surface area (Å²) in [6.45, 7) is 4.92. The number of aliphatic hydroxyl groups excluding tert-OH is 2. The smallest absolute Gasteiger partial charge is 0.305 e. The van der Waals surface area contributed by atoms with Crippen molar-refractivity contribution in [1.29, 1.82) is 0 Å². The first-order valence-corrected chi connectivity index (χ1v) is 39.4. The molecule has 87 heavy (non-hydrogen) atoms. The number of amides is 1. The molecule has 2 atom stereocenters. The fourth-order valence-corrected chi connectivity index (χ4v) is 12.3. The van der Waals surface area contributed by atoms with Crippen molar-refractivity contribution in [3.8, 4) is 0 Å². The molecule has 0 rings (SSSR count). The molecule has 0 spiro atoms. The van der Waals surface area contributed by atoms with E-state index in [-0.39, 0.29) is 18.5 Å². The van der Waals surface area contributed by atoms with Gasteiger partial charge in [-0.3, -0.25) is 9.59 Å². The van der Waals surface area contributed by atoms with Gasteiger partial charge in [-0.15, -0.1) is 0 Å². The number of hydrogen-bond donors (Lipinski definition) is 3. The molecule has 0 aliphatic carbocycles. The van der Waals surface area contributed by atoms with Gasteiger partial charge in [0, 0.05) is 12.8 Å². The average molecular weight is 1220 g/mol. The van der Waals surface area contributed by atoms with Gasteiger partial charge in [-0.1, -0.05) is 377 Å². The fraction of sp³-hybridized carbons (Fsp3) is 0.877. The molecule has 1 amide bonds. The lowest BCUT2D eigenvalue weighted by molar-refractivity contribution is -0.143. The average Bonchev–Trinajstić information content (AvgIpc) is 3.53. The number of nitrogens with one attached hydrogen (secondary N) is 1. The van der Waals surface area contributed by atoms with Crippen molar-refractivity contribution in [2.24, 2.45) is 0 Å². The summed E-state index contributed by atoms with van der Waals surface area (Å²) >= 11 is 0. The third kappa shape index (κ3) is 72.8. The Kier molecular flexibility index (Phi) is 74.4. The highest BCUT2D eigenvalue weighted by Crippen LogP contribution is 2.19. The van der Waals surface area contributed by atoms with E-state index in [0.717, 1.165) is 51.4 Å². The van der Waals surface area contributed by atoms with Gasteiger partial charge in [0.05, 0.1) is 25.4 Å². The van der Waals surface area contributed by atoms with Gasteiger partial charge in [0.15, 0.2) is 0 Å². The van der Waals surface area contributed by atoms with E-state index in [2.05, 4.69) is 55.6 Å². The largest absolute Gasteiger partial charge is 0.466 e. The van der Waals surface area contributed by atoms with Gasteiger partial charge >= 0.3 is 5.97 Å². The Balaban J connectivity index is 3.39. The number of ether oxygens (including phenoxy) is 1. The lowest BCUT2D eigenvalue weighted by Gasteiger charge is -2.20. The molecular formula is C81H153NO5. The van der Waals surface area contributed by atoms with Gasteiger partial charge < -0.3 is 20.3 Å². The molecule has 0 aromatic carbocycles. The Hall–Kier alpha value is -2.18. The summed E-state index contributed by atoms with van der Waals surface area (Å²) in [7, 11) is 0. The van der Waals surface area contributed by atoms with Gasteiger partial charge in [-0.25, -0.2) is 0 Å². The molecule has 0 aliphatic heterocycles. The highest BCUT2D eigenvalue weighted by atomic mass is 16.5. The van der Waals surface area contributed by atoms with Crippen LogP contribution >= 0.6 is 0 Å². The maximum absolute atomic E-state index is 12.5. The quantitative estimate of drug-likeness (QED) is 0.0320. The van der Waals surface area contributed by atoms with E-state index in [9.17, 15) is 19.8 Å². The lowest BCUT2D eigenvalue weighted by atomic mass is 10.0. The summed E-state index contributed by atoms with van der Waals surface area (Å²) in [5, 5.41) is 23.3. The normalized spacial score (nSPS) is 12.7. The summed E-state index contributed by atoms with van der Waals surface area (Å²) in [6.07, 6.45) is 101. The zero-order chi connectivity index (χ0) is 62.8. The highest BCUT2D eigenvalue weighted by molar-refractivity contribution is 5.76. The monoisotopic (exact) mass is 1220 g/mol. The minimum atomic E-state index is -0.845. The van der Waals surface area contributed by atoms with E-state index in [1.165, 1.54) is 353 Å². The standard InChI is InChI=1S/C81H153NO5/c1-3-5-7-9-11-13-15-17-19-21-22-23-36-39-42-45-49-53-57-61-65-69-73-79(84)78(77-83)82-80(85)74-70-66-62-58-54-50-46-43-40-37-34-32-30-28-26-24-25-27-29-31-33-35-38-41-44-48-52-56-60-64-68-72-76-87-81(86)75-71-67-63-59-55-51-47-20-18-16-14-12-10-8-6-4-2/h14,16,20,27,29,47,69,73,78-79,83-84H,3-13,15,17-19,21-26,28,30-46,48-68,70-72,74-77H2,1-2H3,(H,82,85)/b16-14-,29-27-,47-20-,73-69+. The molecular weight excluding hydrogens is 1070 g/mol. The van der Waals surface area contributed by atoms with Crippen molar-refractivity contribution < 1.29 is 24.5 Å². The molecule has 0 bridgehead atoms. The van der Waals surface area contributed by atoms with E-state index in [0.29, 0.717) is 19.4 Å². The zero-order valence-corrected chi connectivity index (χ0v) is 58.8. The molecule has 6 heteroatoms. The zero-order valence-electron chi connectivity index (χ0n) is 58.8. The van der Waals surface area contributed by atoms with Crippen molar-refractivity contribution in [3.05, 3.63) is 48.6 Å². The number of esters is 1.